The Labute approximate surface area is 164 Å². The average molecular weight is 381 g/mol. The lowest BCUT2D eigenvalue weighted by Crippen LogP contribution is -2.38. The number of aromatic nitrogens is 1. The third kappa shape index (κ3) is 2.76. The van der Waals surface area contributed by atoms with Gasteiger partial charge in [-0.15, -0.1) is 0 Å². The zero-order chi connectivity index (χ0) is 19.2. The molecule has 0 fully saturated rings. The van der Waals surface area contributed by atoms with Crippen LogP contribution >= 0.6 is 11.6 Å². The van der Waals surface area contributed by atoms with Gasteiger partial charge in [-0.1, -0.05) is 23.7 Å². The van der Waals surface area contributed by atoms with E-state index in [9.17, 15) is 10.1 Å². The molecule has 2 aromatic rings. The van der Waals surface area contributed by atoms with Crippen LogP contribution in [-0.4, -0.2) is 22.5 Å². The summed E-state index contributed by atoms with van der Waals surface area (Å²) in [5.41, 5.74) is 3.98. The summed E-state index contributed by atoms with van der Waals surface area (Å²) in [5, 5.41) is 13.8. The number of carbonyl (C=O) groups excluding carboxylic acids is 1. The van der Waals surface area contributed by atoms with E-state index in [0.717, 1.165) is 45.9 Å². The molecule has 0 saturated carbocycles. The molecule has 0 unspecified atom stereocenters. The summed E-state index contributed by atoms with van der Waals surface area (Å²) in [6.45, 7) is 5.17. The molecule has 0 radical (unpaired) electrons. The van der Waals surface area contributed by atoms with E-state index in [-0.39, 0.29) is 11.9 Å². The third-order valence-corrected chi connectivity index (χ3v) is 6.31. The van der Waals surface area contributed by atoms with E-state index < -0.39 is 5.41 Å². The number of fused-ring (bicyclic) bond motifs is 2. The van der Waals surface area contributed by atoms with Crippen molar-refractivity contribution < 1.29 is 4.79 Å². The van der Waals surface area contributed by atoms with Crippen molar-refractivity contribution >= 4 is 23.3 Å². The molecule has 4 rings (SSSR count). The highest BCUT2D eigenvalue weighted by Gasteiger charge is 2.43. The molecule has 27 heavy (non-hydrogen) atoms. The number of benzene rings is 1. The molecule has 2 aliphatic rings. The molecule has 1 aromatic heterocycles. The van der Waals surface area contributed by atoms with Crippen molar-refractivity contribution in [3.8, 4) is 6.07 Å². The van der Waals surface area contributed by atoms with Crippen LogP contribution in [0.15, 0.2) is 30.5 Å². The molecule has 0 bridgehead atoms. The van der Waals surface area contributed by atoms with Crippen molar-refractivity contribution in [2.45, 2.75) is 44.6 Å². The van der Waals surface area contributed by atoms with Crippen LogP contribution in [0.1, 0.15) is 48.6 Å². The van der Waals surface area contributed by atoms with Crippen LogP contribution in [0.25, 0.3) is 0 Å². The molecule has 2 amide bonds. The molecule has 138 valence electrons. The van der Waals surface area contributed by atoms with Crippen LogP contribution in [-0.2, 0) is 18.4 Å². The van der Waals surface area contributed by atoms with Crippen molar-refractivity contribution in [3.63, 3.8) is 0 Å². The van der Waals surface area contributed by atoms with Gasteiger partial charge in [0.25, 0.3) is 0 Å². The number of nitriles is 1. The molecule has 0 saturated heterocycles. The zero-order valence-corrected chi connectivity index (χ0v) is 16.2. The second kappa shape index (κ2) is 6.54. The van der Waals surface area contributed by atoms with Gasteiger partial charge in [0.1, 0.15) is 0 Å². The molecular formula is C21H21ClN4O. The largest absolute Gasteiger partial charge is 0.322 e. The van der Waals surface area contributed by atoms with Gasteiger partial charge in [-0.05, 0) is 55.5 Å². The van der Waals surface area contributed by atoms with Gasteiger partial charge in [0, 0.05) is 35.9 Å². The summed E-state index contributed by atoms with van der Waals surface area (Å²) in [6, 6.07) is 10.2. The van der Waals surface area contributed by atoms with Gasteiger partial charge in [-0.25, -0.2) is 4.79 Å². The highest BCUT2D eigenvalue weighted by atomic mass is 35.5. The normalized spacial score (nSPS) is 20.3. The van der Waals surface area contributed by atoms with Gasteiger partial charge in [0.15, 0.2) is 0 Å². The minimum atomic E-state index is -0.745. The number of hydrogen-bond acceptors (Lipinski definition) is 3. The van der Waals surface area contributed by atoms with Crippen LogP contribution in [0, 0.1) is 11.3 Å². The molecule has 2 atom stereocenters. The predicted octanol–water partition coefficient (Wildman–Crippen LogP) is 4.61. The van der Waals surface area contributed by atoms with Crippen LogP contribution in [0.5, 0.6) is 0 Å². The summed E-state index contributed by atoms with van der Waals surface area (Å²) in [5.74, 6) is -0.0271. The molecule has 5 nitrogen and oxygen atoms in total. The first-order valence-electron chi connectivity index (χ1n) is 9.21. The number of urea groups is 1. The number of nitrogens with zero attached hydrogens (tertiary/aromatic N) is 3. The molecule has 2 heterocycles. The fourth-order valence-corrected chi connectivity index (χ4v) is 4.49. The quantitative estimate of drug-likeness (QED) is 0.845. The summed E-state index contributed by atoms with van der Waals surface area (Å²) in [7, 11) is 0. The van der Waals surface area contributed by atoms with E-state index in [2.05, 4.69) is 16.4 Å². The fourth-order valence-electron chi connectivity index (χ4n) is 4.24. The zero-order valence-electron chi connectivity index (χ0n) is 15.4. The highest BCUT2D eigenvalue weighted by molar-refractivity contribution is 6.31. The Morgan fingerprint density at radius 2 is 2.26 bits per heavy atom. The highest BCUT2D eigenvalue weighted by Crippen LogP contribution is 2.48. The monoisotopic (exact) mass is 380 g/mol. The Kier molecular flexibility index (Phi) is 4.32. The number of amides is 2. The molecule has 1 N–H and O–H groups in total. The van der Waals surface area contributed by atoms with E-state index in [1.165, 1.54) is 0 Å². The predicted molar refractivity (Wildman–Crippen MR) is 105 cm³/mol. The first kappa shape index (κ1) is 17.8. The lowest BCUT2D eigenvalue weighted by molar-refractivity contribution is 0.210. The van der Waals surface area contributed by atoms with Crippen molar-refractivity contribution in [1.82, 2.24) is 9.88 Å². The van der Waals surface area contributed by atoms with Gasteiger partial charge >= 0.3 is 6.03 Å². The number of halogens is 1. The average Bonchev–Trinajstić information content (AvgIpc) is 3.12. The molecule has 1 aliphatic carbocycles. The lowest BCUT2D eigenvalue weighted by atomic mass is 9.71. The molecule has 1 aliphatic heterocycles. The standard InChI is InChI=1S/C21H21ClN4O/c1-3-26-11-13-4-5-14(10-18(13)25-20(26)27)21(2,12-23)16-7-6-15-17(22)8-9-24-19(15)16/h4-5,8-10,16H,3,6-7,11H2,1-2H3,(H,25,27)/t16-,21-/m1/s1. The molecule has 6 heteroatoms. The van der Waals surface area contributed by atoms with E-state index in [0.29, 0.717) is 13.1 Å². The summed E-state index contributed by atoms with van der Waals surface area (Å²) in [6.07, 6.45) is 3.38. The summed E-state index contributed by atoms with van der Waals surface area (Å²) >= 11 is 6.34. The molecule has 1 aromatic carbocycles. The minimum Gasteiger partial charge on any atom is -0.320 e. The minimum absolute atomic E-state index is 0.0271. The number of anilines is 1. The van der Waals surface area contributed by atoms with Crippen molar-refractivity contribution in [2.75, 3.05) is 11.9 Å². The third-order valence-electron chi connectivity index (χ3n) is 5.96. The lowest BCUT2D eigenvalue weighted by Gasteiger charge is -2.32. The van der Waals surface area contributed by atoms with E-state index in [1.807, 2.05) is 32.0 Å². The Balaban J connectivity index is 1.75. The van der Waals surface area contributed by atoms with Gasteiger partial charge in [-0.2, -0.15) is 5.26 Å². The summed E-state index contributed by atoms with van der Waals surface area (Å²) in [4.78, 5) is 18.5. The van der Waals surface area contributed by atoms with Gasteiger partial charge in [0.2, 0.25) is 0 Å². The Morgan fingerprint density at radius 1 is 1.44 bits per heavy atom. The second-order valence-corrected chi connectivity index (χ2v) is 7.79. The van der Waals surface area contributed by atoms with Gasteiger partial charge in [0.05, 0.1) is 17.2 Å². The molecule has 0 spiro atoms. The van der Waals surface area contributed by atoms with Crippen LogP contribution in [0.2, 0.25) is 5.02 Å². The Morgan fingerprint density at radius 3 is 3.00 bits per heavy atom. The molecular weight excluding hydrogens is 360 g/mol. The fraction of sp³-hybridized carbons (Fsp3) is 0.381. The van der Waals surface area contributed by atoms with Crippen LogP contribution in [0.4, 0.5) is 10.5 Å². The van der Waals surface area contributed by atoms with Crippen molar-refractivity contribution in [1.29, 1.82) is 5.26 Å². The van der Waals surface area contributed by atoms with Crippen molar-refractivity contribution in [2.24, 2.45) is 0 Å². The maximum Gasteiger partial charge on any atom is 0.322 e. The van der Waals surface area contributed by atoms with Crippen molar-refractivity contribution in [3.05, 3.63) is 57.9 Å². The maximum atomic E-state index is 12.2. The number of rotatable bonds is 3. The van der Waals surface area contributed by atoms with E-state index in [4.69, 9.17) is 11.6 Å². The van der Waals surface area contributed by atoms with Gasteiger partial charge in [-0.3, -0.25) is 4.98 Å². The number of pyridine rings is 1. The van der Waals surface area contributed by atoms with E-state index >= 15 is 0 Å². The second-order valence-electron chi connectivity index (χ2n) is 7.38. The first-order valence-corrected chi connectivity index (χ1v) is 9.59. The smallest absolute Gasteiger partial charge is 0.320 e. The van der Waals surface area contributed by atoms with E-state index in [1.54, 1.807) is 17.2 Å². The van der Waals surface area contributed by atoms with Crippen LogP contribution < -0.4 is 5.32 Å². The first-order chi connectivity index (χ1) is 13.0. The topological polar surface area (TPSA) is 69.0 Å². The number of nitrogens with one attached hydrogen (secondary N) is 1. The van der Waals surface area contributed by atoms with Crippen LogP contribution in [0.3, 0.4) is 0 Å². The Hall–Kier alpha value is -2.58. The summed E-state index contributed by atoms with van der Waals surface area (Å²) < 4.78 is 0. The number of hydrogen-bond donors (Lipinski definition) is 1. The van der Waals surface area contributed by atoms with Gasteiger partial charge < -0.3 is 10.2 Å². The SMILES string of the molecule is CCN1Cc2ccc([C@@](C)(C#N)[C@@H]3CCc4c(Cl)ccnc43)cc2NC1=O. The number of carbonyl (C=O) groups is 1. The maximum absolute atomic E-state index is 12.2. The Bertz CT molecular complexity index is 967.